The summed E-state index contributed by atoms with van der Waals surface area (Å²) < 4.78 is 5.46. The van der Waals surface area contributed by atoms with E-state index in [1.54, 1.807) is 7.11 Å². The van der Waals surface area contributed by atoms with Crippen molar-refractivity contribution in [3.8, 4) is 5.75 Å². The highest BCUT2D eigenvalue weighted by atomic mass is 127. The summed E-state index contributed by atoms with van der Waals surface area (Å²) in [4.78, 5) is 13.7. The fourth-order valence-corrected chi connectivity index (χ4v) is 2.94. The Hall–Kier alpha value is -0.620. The van der Waals surface area contributed by atoms with Crippen molar-refractivity contribution in [2.75, 3.05) is 13.7 Å². The van der Waals surface area contributed by atoms with Gasteiger partial charge < -0.3 is 4.74 Å². The van der Waals surface area contributed by atoms with Gasteiger partial charge in [0.2, 0.25) is 0 Å². The maximum absolute atomic E-state index is 11.3. The van der Waals surface area contributed by atoms with Crippen molar-refractivity contribution in [2.45, 2.75) is 23.4 Å². The molecule has 92 valence electrons. The van der Waals surface area contributed by atoms with E-state index in [-0.39, 0.29) is 0 Å². The zero-order chi connectivity index (χ0) is 12.3. The van der Waals surface area contributed by atoms with Crippen molar-refractivity contribution < 1.29 is 9.53 Å². The molecular weight excluding hydrogens is 329 g/mol. The molecule has 0 radical (unpaired) electrons. The molecule has 0 saturated carbocycles. The first-order valence-electron chi connectivity index (χ1n) is 5.72. The van der Waals surface area contributed by atoms with E-state index in [0.717, 1.165) is 18.8 Å². The number of halogens is 1. The summed E-state index contributed by atoms with van der Waals surface area (Å²) in [5.74, 6) is 1.27. The first-order valence-corrected chi connectivity index (χ1v) is 6.96. The molecule has 0 spiro atoms. The number of nitrogens with zero attached hydrogens (tertiary/aromatic N) is 1. The van der Waals surface area contributed by atoms with E-state index in [1.807, 2.05) is 12.1 Å². The van der Waals surface area contributed by atoms with Crippen molar-refractivity contribution in [3.63, 3.8) is 0 Å². The summed E-state index contributed by atoms with van der Waals surface area (Å²) >= 11 is 2.36. The second-order valence-corrected chi connectivity index (χ2v) is 5.68. The van der Waals surface area contributed by atoms with E-state index in [1.165, 1.54) is 5.56 Å². The van der Waals surface area contributed by atoms with Crippen LogP contribution in [-0.4, -0.2) is 28.4 Å². The van der Waals surface area contributed by atoms with Gasteiger partial charge in [0, 0.05) is 25.9 Å². The minimum Gasteiger partial charge on any atom is -0.497 e. The van der Waals surface area contributed by atoms with Crippen LogP contribution < -0.4 is 4.74 Å². The minimum atomic E-state index is 0.330. The van der Waals surface area contributed by atoms with Gasteiger partial charge in [0.1, 0.15) is 11.5 Å². The molecule has 0 bridgehead atoms. The van der Waals surface area contributed by atoms with Crippen LogP contribution in [0.3, 0.4) is 0 Å². The summed E-state index contributed by atoms with van der Waals surface area (Å²) in [6.07, 6.45) is 1.37. The number of likely N-dealkylation sites (tertiary alicyclic amines) is 1. The van der Waals surface area contributed by atoms with Crippen molar-refractivity contribution >= 4 is 28.4 Å². The molecule has 1 heterocycles. The minimum absolute atomic E-state index is 0.330. The number of carbonyl (C=O) groups is 1. The summed E-state index contributed by atoms with van der Waals surface area (Å²) in [7, 11) is 1.67. The van der Waals surface area contributed by atoms with Crippen LogP contribution in [0.25, 0.3) is 0 Å². The normalized spacial score (nSPS) is 21.5. The standard InChI is InChI=1S/C13H16INO2/c1-17-12-4-2-10(3-5-12)9-15-7-6-11(16)8-13(15)14/h2-5,13H,6-9H2,1H3. The van der Waals surface area contributed by atoms with Crippen LogP contribution in [0.1, 0.15) is 18.4 Å². The third-order valence-corrected chi connectivity index (χ3v) is 4.24. The summed E-state index contributed by atoms with van der Waals surface area (Å²) in [5, 5.41) is 0. The molecule has 4 heteroatoms. The summed E-state index contributed by atoms with van der Waals surface area (Å²) in [6.45, 7) is 1.78. The summed E-state index contributed by atoms with van der Waals surface area (Å²) in [5.41, 5.74) is 1.27. The number of rotatable bonds is 3. The highest BCUT2D eigenvalue weighted by molar-refractivity contribution is 14.1. The van der Waals surface area contributed by atoms with E-state index in [9.17, 15) is 4.79 Å². The first-order chi connectivity index (χ1) is 8.19. The molecule has 3 nitrogen and oxygen atoms in total. The molecule has 1 saturated heterocycles. The Labute approximate surface area is 115 Å². The Balaban J connectivity index is 1.97. The largest absolute Gasteiger partial charge is 0.497 e. The predicted octanol–water partition coefficient (Wildman–Crippen LogP) is 2.62. The first kappa shape index (κ1) is 12.8. The van der Waals surface area contributed by atoms with Gasteiger partial charge in [0.05, 0.1) is 11.2 Å². The molecule has 1 unspecified atom stereocenters. The van der Waals surface area contributed by atoms with Gasteiger partial charge in [-0.2, -0.15) is 0 Å². The van der Waals surface area contributed by atoms with Crippen LogP contribution >= 0.6 is 22.6 Å². The summed E-state index contributed by atoms with van der Waals surface area (Å²) in [6, 6.07) is 8.12. The van der Waals surface area contributed by atoms with Gasteiger partial charge in [-0.05, 0) is 17.7 Å². The van der Waals surface area contributed by atoms with Gasteiger partial charge in [-0.15, -0.1) is 0 Å². The Morgan fingerprint density at radius 2 is 2.12 bits per heavy atom. The smallest absolute Gasteiger partial charge is 0.136 e. The average Bonchev–Trinajstić information content (AvgIpc) is 2.34. The molecule has 1 aromatic rings. The van der Waals surface area contributed by atoms with Crippen molar-refractivity contribution in [3.05, 3.63) is 29.8 Å². The SMILES string of the molecule is COc1ccc(CN2CCC(=O)CC2I)cc1. The Morgan fingerprint density at radius 3 is 2.71 bits per heavy atom. The molecule has 17 heavy (non-hydrogen) atoms. The van der Waals surface area contributed by atoms with Gasteiger partial charge >= 0.3 is 0 Å². The monoisotopic (exact) mass is 345 g/mol. The molecule has 1 atom stereocenters. The topological polar surface area (TPSA) is 29.5 Å². The molecule has 1 aromatic carbocycles. The molecule has 0 N–H and O–H groups in total. The zero-order valence-electron chi connectivity index (χ0n) is 9.86. The lowest BCUT2D eigenvalue weighted by Crippen LogP contribution is -2.38. The fraction of sp³-hybridized carbons (Fsp3) is 0.462. The Kier molecular flexibility index (Phi) is 4.39. The number of Topliss-reactive ketones (excluding diaryl/α,β-unsaturated/α-hetero) is 1. The number of carbonyl (C=O) groups excluding carboxylic acids is 1. The molecule has 0 amide bonds. The predicted molar refractivity (Wildman–Crippen MR) is 75.5 cm³/mol. The molecule has 1 fully saturated rings. The number of piperidine rings is 1. The number of ketones is 1. The third-order valence-electron chi connectivity index (χ3n) is 3.01. The maximum Gasteiger partial charge on any atom is 0.136 e. The number of hydrogen-bond acceptors (Lipinski definition) is 3. The molecule has 2 rings (SSSR count). The molecule has 1 aliphatic heterocycles. The van der Waals surface area contributed by atoms with Crippen LogP contribution in [0.15, 0.2) is 24.3 Å². The average molecular weight is 345 g/mol. The Morgan fingerprint density at radius 1 is 1.41 bits per heavy atom. The van der Waals surface area contributed by atoms with Gasteiger partial charge in [0.25, 0.3) is 0 Å². The molecule has 1 aliphatic rings. The maximum atomic E-state index is 11.3. The Bertz CT molecular complexity index is 391. The number of hydrogen-bond donors (Lipinski definition) is 0. The second kappa shape index (κ2) is 5.82. The van der Waals surface area contributed by atoms with Gasteiger partial charge in [-0.3, -0.25) is 9.69 Å². The van der Waals surface area contributed by atoms with E-state index in [4.69, 9.17) is 4.74 Å². The lowest BCUT2D eigenvalue weighted by Gasteiger charge is -2.31. The van der Waals surface area contributed by atoms with Crippen LogP contribution in [0.5, 0.6) is 5.75 Å². The number of alkyl halides is 1. The van der Waals surface area contributed by atoms with Gasteiger partial charge in [-0.1, -0.05) is 34.7 Å². The lowest BCUT2D eigenvalue weighted by atomic mass is 10.1. The van der Waals surface area contributed by atoms with Gasteiger partial charge in [0.15, 0.2) is 0 Å². The molecule has 0 aromatic heterocycles. The number of ether oxygens (including phenoxy) is 1. The highest BCUT2D eigenvalue weighted by Gasteiger charge is 2.24. The van der Waals surface area contributed by atoms with Crippen molar-refractivity contribution in [1.82, 2.24) is 4.90 Å². The van der Waals surface area contributed by atoms with Crippen molar-refractivity contribution in [1.29, 1.82) is 0 Å². The third kappa shape index (κ3) is 3.42. The molecular formula is C13H16INO2. The van der Waals surface area contributed by atoms with E-state index in [2.05, 4.69) is 39.6 Å². The number of methoxy groups -OCH3 is 1. The van der Waals surface area contributed by atoms with E-state index >= 15 is 0 Å². The second-order valence-electron chi connectivity index (χ2n) is 4.25. The lowest BCUT2D eigenvalue weighted by molar-refractivity contribution is -0.121. The van der Waals surface area contributed by atoms with Gasteiger partial charge in [-0.25, -0.2) is 0 Å². The van der Waals surface area contributed by atoms with Crippen LogP contribution in [0, 0.1) is 0 Å². The van der Waals surface area contributed by atoms with Crippen LogP contribution in [0.2, 0.25) is 0 Å². The van der Waals surface area contributed by atoms with E-state index in [0.29, 0.717) is 22.7 Å². The zero-order valence-corrected chi connectivity index (χ0v) is 12.0. The van der Waals surface area contributed by atoms with Crippen LogP contribution in [0.4, 0.5) is 0 Å². The van der Waals surface area contributed by atoms with Crippen molar-refractivity contribution in [2.24, 2.45) is 0 Å². The van der Waals surface area contributed by atoms with Crippen LogP contribution in [-0.2, 0) is 11.3 Å². The van der Waals surface area contributed by atoms with E-state index < -0.39 is 0 Å². The fourth-order valence-electron chi connectivity index (χ4n) is 1.97. The highest BCUT2D eigenvalue weighted by Crippen LogP contribution is 2.22. The quantitative estimate of drug-likeness (QED) is 0.479. The number of benzene rings is 1. The molecule has 0 aliphatic carbocycles.